The fraction of sp³-hybridized carbons (Fsp3) is 0.375. The second kappa shape index (κ2) is 6.42. The van der Waals surface area contributed by atoms with Crippen molar-refractivity contribution in [2.45, 2.75) is 12.8 Å². The number of ether oxygens (including phenoxy) is 1. The highest BCUT2D eigenvalue weighted by atomic mass is 16.5. The van der Waals surface area contributed by atoms with Crippen molar-refractivity contribution >= 4 is 0 Å². The zero-order chi connectivity index (χ0) is 14.5. The normalized spacial score (nSPS) is 15.0. The van der Waals surface area contributed by atoms with Crippen LogP contribution >= 0.6 is 0 Å². The summed E-state index contributed by atoms with van der Waals surface area (Å²) < 4.78 is 5.83. The van der Waals surface area contributed by atoms with Gasteiger partial charge < -0.3 is 9.72 Å². The van der Waals surface area contributed by atoms with Crippen LogP contribution in [-0.4, -0.2) is 41.1 Å². The van der Waals surface area contributed by atoms with Crippen LogP contribution in [0.15, 0.2) is 30.7 Å². The molecule has 1 aromatic heterocycles. The highest BCUT2D eigenvalue weighted by Gasteiger charge is 2.12. The zero-order valence-corrected chi connectivity index (χ0v) is 11.9. The minimum atomic E-state index is 0.569. The number of rotatable bonds is 5. The molecule has 1 fully saturated rings. The van der Waals surface area contributed by atoms with Crippen LogP contribution in [0.3, 0.4) is 0 Å². The molecule has 5 nitrogen and oxygen atoms in total. The summed E-state index contributed by atoms with van der Waals surface area (Å²) in [4.78, 5) is 9.47. The maximum atomic E-state index is 9.19. The van der Waals surface area contributed by atoms with E-state index in [-0.39, 0.29) is 0 Å². The lowest BCUT2D eigenvalue weighted by atomic mass is 10.1. The first kappa shape index (κ1) is 13.7. The largest absolute Gasteiger partial charge is 0.491 e. The minimum Gasteiger partial charge on any atom is -0.491 e. The second-order valence-electron chi connectivity index (χ2n) is 5.19. The van der Waals surface area contributed by atoms with Gasteiger partial charge in [-0.2, -0.15) is 5.26 Å². The number of H-pyrrole nitrogens is 1. The van der Waals surface area contributed by atoms with E-state index in [0.29, 0.717) is 17.9 Å². The number of aromatic nitrogens is 2. The van der Waals surface area contributed by atoms with Crippen molar-refractivity contribution in [3.05, 3.63) is 36.3 Å². The van der Waals surface area contributed by atoms with E-state index in [4.69, 9.17) is 4.74 Å². The number of hydrogen-bond donors (Lipinski definition) is 1. The third-order valence-corrected chi connectivity index (χ3v) is 3.78. The van der Waals surface area contributed by atoms with E-state index in [1.165, 1.54) is 12.8 Å². The van der Waals surface area contributed by atoms with E-state index in [9.17, 15) is 5.26 Å². The number of nitrogens with one attached hydrogen (secondary N) is 1. The third-order valence-electron chi connectivity index (χ3n) is 3.78. The molecule has 0 amide bonds. The molecule has 2 heterocycles. The Bertz CT molecular complexity index is 624. The molecule has 1 saturated heterocycles. The Balaban J connectivity index is 1.70. The lowest BCUT2D eigenvalue weighted by molar-refractivity contribution is 0.237. The van der Waals surface area contributed by atoms with Gasteiger partial charge in [0.2, 0.25) is 0 Å². The molecule has 0 unspecified atom stereocenters. The van der Waals surface area contributed by atoms with Crippen molar-refractivity contribution in [3.8, 4) is 23.1 Å². The predicted molar refractivity (Wildman–Crippen MR) is 79.9 cm³/mol. The third kappa shape index (κ3) is 3.23. The molecule has 1 aliphatic rings. The number of benzene rings is 1. The first-order valence-corrected chi connectivity index (χ1v) is 7.25. The van der Waals surface area contributed by atoms with E-state index in [1.807, 2.05) is 12.1 Å². The molecule has 0 saturated carbocycles. The molecule has 0 atom stereocenters. The zero-order valence-electron chi connectivity index (χ0n) is 11.9. The molecule has 5 heteroatoms. The van der Waals surface area contributed by atoms with Crippen LogP contribution < -0.4 is 4.74 Å². The monoisotopic (exact) mass is 282 g/mol. The van der Waals surface area contributed by atoms with Gasteiger partial charge in [0.25, 0.3) is 0 Å². The molecule has 0 aliphatic carbocycles. The van der Waals surface area contributed by atoms with Gasteiger partial charge in [0, 0.05) is 12.1 Å². The molecule has 0 bridgehead atoms. The fourth-order valence-corrected chi connectivity index (χ4v) is 2.61. The Hall–Kier alpha value is -2.32. The Morgan fingerprint density at radius 1 is 1.33 bits per heavy atom. The summed E-state index contributed by atoms with van der Waals surface area (Å²) in [5.74, 6) is 0.642. The number of aromatic amines is 1. The predicted octanol–water partition coefficient (Wildman–Crippen LogP) is 2.42. The molecule has 1 aliphatic heterocycles. The van der Waals surface area contributed by atoms with Crippen LogP contribution in [0.2, 0.25) is 0 Å². The quantitative estimate of drug-likeness (QED) is 0.914. The van der Waals surface area contributed by atoms with E-state index in [1.54, 1.807) is 18.6 Å². The first-order valence-electron chi connectivity index (χ1n) is 7.25. The molecule has 0 radical (unpaired) electrons. The van der Waals surface area contributed by atoms with Crippen LogP contribution in [0, 0.1) is 11.3 Å². The van der Waals surface area contributed by atoms with Gasteiger partial charge in [-0.05, 0) is 38.1 Å². The van der Waals surface area contributed by atoms with Crippen molar-refractivity contribution < 1.29 is 4.74 Å². The Labute approximate surface area is 124 Å². The highest BCUT2D eigenvalue weighted by Crippen LogP contribution is 2.25. The van der Waals surface area contributed by atoms with Crippen LogP contribution in [0.4, 0.5) is 0 Å². The lowest BCUT2D eigenvalue weighted by Gasteiger charge is -2.15. The molecule has 21 heavy (non-hydrogen) atoms. The van der Waals surface area contributed by atoms with Gasteiger partial charge in [0.1, 0.15) is 18.4 Å². The maximum absolute atomic E-state index is 9.19. The van der Waals surface area contributed by atoms with Crippen LogP contribution in [0.1, 0.15) is 18.4 Å². The summed E-state index contributed by atoms with van der Waals surface area (Å²) in [6.07, 6.45) is 5.95. The Kier molecular flexibility index (Phi) is 4.17. The van der Waals surface area contributed by atoms with Gasteiger partial charge in [0.05, 0.1) is 23.8 Å². The highest BCUT2D eigenvalue weighted by molar-refractivity contribution is 5.63. The van der Waals surface area contributed by atoms with Gasteiger partial charge in [-0.25, -0.2) is 4.98 Å². The second-order valence-corrected chi connectivity index (χ2v) is 5.19. The van der Waals surface area contributed by atoms with Crippen molar-refractivity contribution in [2.24, 2.45) is 0 Å². The van der Waals surface area contributed by atoms with E-state index in [2.05, 4.69) is 20.9 Å². The van der Waals surface area contributed by atoms with Crippen molar-refractivity contribution in [1.29, 1.82) is 5.26 Å². The fourth-order valence-electron chi connectivity index (χ4n) is 2.61. The molecule has 1 N–H and O–H groups in total. The summed E-state index contributed by atoms with van der Waals surface area (Å²) in [7, 11) is 0. The molecule has 1 aromatic carbocycles. The van der Waals surface area contributed by atoms with Gasteiger partial charge in [-0.1, -0.05) is 6.07 Å². The Morgan fingerprint density at radius 3 is 2.90 bits per heavy atom. The summed E-state index contributed by atoms with van der Waals surface area (Å²) in [5.41, 5.74) is 2.46. The summed E-state index contributed by atoms with van der Waals surface area (Å²) >= 11 is 0. The van der Waals surface area contributed by atoms with E-state index in [0.717, 1.165) is 30.9 Å². The molecular formula is C16H18N4O. The van der Waals surface area contributed by atoms with Crippen LogP contribution in [-0.2, 0) is 0 Å². The minimum absolute atomic E-state index is 0.569. The number of nitrogens with zero attached hydrogens (tertiary/aromatic N) is 3. The summed E-state index contributed by atoms with van der Waals surface area (Å²) in [6, 6.07) is 7.78. The van der Waals surface area contributed by atoms with Crippen molar-refractivity contribution in [3.63, 3.8) is 0 Å². The van der Waals surface area contributed by atoms with E-state index < -0.39 is 0 Å². The smallest absolute Gasteiger partial charge is 0.137 e. The SMILES string of the molecule is N#Cc1ccc(-c2cnc[nH]2)cc1OCCN1CCCC1. The summed E-state index contributed by atoms with van der Waals surface area (Å²) in [6.45, 7) is 3.84. The molecule has 3 rings (SSSR count). The average Bonchev–Trinajstić information content (AvgIpc) is 3.20. The summed E-state index contributed by atoms with van der Waals surface area (Å²) in [5, 5.41) is 9.19. The molecule has 2 aromatic rings. The average molecular weight is 282 g/mol. The molecular weight excluding hydrogens is 264 g/mol. The van der Waals surface area contributed by atoms with Gasteiger partial charge in [0.15, 0.2) is 0 Å². The van der Waals surface area contributed by atoms with E-state index >= 15 is 0 Å². The molecule has 108 valence electrons. The number of likely N-dealkylation sites (tertiary alicyclic amines) is 1. The topological polar surface area (TPSA) is 64.9 Å². The van der Waals surface area contributed by atoms with Crippen molar-refractivity contribution in [2.75, 3.05) is 26.2 Å². The standard InChI is InChI=1S/C16H18N4O/c17-10-14-4-3-13(15-11-18-12-19-15)9-16(14)21-8-7-20-5-1-2-6-20/h3-4,9,11-12H,1-2,5-8H2,(H,18,19). The Morgan fingerprint density at radius 2 is 2.19 bits per heavy atom. The van der Waals surface area contributed by atoms with Gasteiger partial charge >= 0.3 is 0 Å². The van der Waals surface area contributed by atoms with Crippen LogP contribution in [0.5, 0.6) is 5.75 Å². The number of hydrogen-bond acceptors (Lipinski definition) is 4. The van der Waals surface area contributed by atoms with Crippen molar-refractivity contribution in [1.82, 2.24) is 14.9 Å². The first-order chi connectivity index (χ1) is 10.4. The molecule has 0 spiro atoms. The number of nitriles is 1. The van der Waals surface area contributed by atoms with Gasteiger partial charge in [-0.3, -0.25) is 4.90 Å². The lowest BCUT2D eigenvalue weighted by Crippen LogP contribution is -2.25. The van der Waals surface area contributed by atoms with Gasteiger partial charge in [-0.15, -0.1) is 0 Å². The number of imidazole rings is 1. The van der Waals surface area contributed by atoms with Crippen LogP contribution in [0.25, 0.3) is 11.3 Å². The maximum Gasteiger partial charge on any atom is 0.137 e.